The fourth-order valence-electron chi connectivity index (χ4n) is 1.71. The van der Waals surface area contributed by atoms with Crippen molar-refractivity contribution in [3.63, 3.8) is 0 Å². The number of rotatable bonds is 8. The van der Waals surface area contributed by atoms with E-state index in [-0.39, 0.29) is 6.04 Å². The summed E-state index contributed by atoms with van der Waals surface area (Å²) in [5, 5.41) is 8.97. The van der Waals surface area contributed by atoms with Crippen molar-refractivity contribution in [2.45, 2.75) is 38.3 Å². The summed E-state index contributed by atoms with van der Waals surface area (Å²) in [6, 6.07) is 0.170. The van der Waals surface area contributed by atoms with E-state index in [9.17, 15) is 4.79 Å². The second-order valence-corrected chi connectivity index (χ2v) is 5.41. The zero-order valence-corrected chi connectivity index (χ0v) is 11.7. The molecule has 0 fully saturated rings. The summed E-state index contributed by atoms with van der Waals surface area (Å²) in [6.07, 6.45) is 1.53. The largest absolute Gasteiger partial charge is 0.480 e. The van der Waals surface area contributed by atoms with Gasteiger partial charge in [0, 0.05) is 6.04 Å². The van der Waals surface area contributed by atoms with Gasteiger partial charge in [0.2, 0.25) is 0 Å². The molecule has 102 valence electrons. The van der Waals surface area contributed by atoms with Gasteiger partial charge < -0.3 is 20.6 Å². The van der Waals surface area contributed by atoms with Crippen molar-refractivity contribution >= 4 is 5.97 Å². The predicted octanol–water partition coefficient (Wildman–Crippen LogP) is 0.451. The number of aliphatic carboxylic acids is 1. The van der Waals surface area contributed by atoms with Gasteiger partial charge in [-0.3, -0.25) is 4.79 Å². The predicted molar refractivity (Wildman–Crippen MR) is 70.1 cm³/mol. The van der Waals surface area contributed by atoms with E-state index in [1.54, 1.807) is 6.92 Å². The van der Waals surface area contributed by atoms with Crippen LogP contribution in [0.3, 0.4) is 0 Å². The summed E-state index contributed by atoms with van der Waals surface area (Å²) in [7, 11) is 6.11. The summed E-state index contributed by atoms with van der Waals surface area (Å²) >= 11 is 0. The van der Waals surface area contributed by atoms with Crippen LogP contribution in [0.5, 0.6) is 0 Å². The van der Waals surface area contributed by atoms with E-state index >= 15 is 0 Å². The third-order valence-electron chi connectivity index (χ3n) is 3.08. The number of nitrogens with two attached hydrogens (primary N) is 1. The standard InChI is InChI=1S/C12H27N3O2/c1-10(9-12(2,13)11(16)17)15(5)8-6-7-14(3)4/h10H,6-9,13H2,1-5H3,(H,16,17). The second-order valence-electron chi connectivity index (χ2n) is 5.41. The van der Waals surface area contributed by atoms with Gasteiger partial charge in [-0.15, -0.1) is 0 Å². The minimum absolute atomic E-state index is 0.170. The number of carboxylic acids is 1. The first-order valence-corrected chi connectivity index (χ1v) is 6.04. The topological polar surface area (TPSA) is 69.8 Å². The first-order valence-electron chi connectivity index (χ1n) is 6.04. The molecule has 0 aromatic rings. The van der Waals surface area contributed by atoms with Crippen LogP contribution in [-0.4, -0.2) is 66.7 Å². The summed E-state index contributed by atoms with van der Waals surface area (Å²) in [6.45, 7) is 5.58. The van der Waals surface area contributed by atoms with Crippen LogP contribution in [0, 0.1) is 0 Å². The molecule has 5 nitrogen and oxygen atoms in total. The van der Waals surface area contributed by atoms with Gasteiger partial charge in [0.15, 0.2) is 0 Å². The second kappa shape index (κ2) is 6.93. The monoisotopic (exact) mass is 245 g/mol. The Kier molecular flexibility index (Phi) is 6.67. The Hall–Kier alpha value is -0.650. The molecule has 0 saturated heterocycles. The zero-order chi connectivity index (χ0) is 13.6. The SMILES string of the molecule is CC(CC(C)(N)C(=O)O)N(C)CCCN(C)C. The third kappa shape index (κ3) is 6.61. The van der Waals surface area contributed by atoms with Crippen LogP contribution in [0.15, 0.2) is 0 Å². The average molecular weight is 245 g/mol. The Morgan fingerprint density at radius 1 is 1.35 bits per heavy atom. The Morgan fingerprint density at radius 2 is 1.88 bits per heavy atom. The summed E-state index contributed by atoms with van der Waals surface area (Å²) in [5.41, 5.74) is 4.60. The van der Waals surface area contributed by atoms with Crippen LogP contribution in [0.4, 0.5) is 0 Å². The molecule has 17 heavy (non-hydrogen) atoms. The molecule has 0 aliphatic carbocycles. The normalized spacial score (nSPS) is 17.2. The van der Waals surface area contributed by atoms with E-state index in [2.05, 4.69) is 9.80 Å². The van der Waals surface area contributed by atoms with Crippen molar-refractivity contribution in [1.29, 1.82) is 0 Å². The highest BCUT2D eigenvalue weighted by molar-refractivity contribution is 5.77. The molecule has 0 aromatic heterocycles. The lowest BCUT2D eigenvalue weighted by Gasteiger charge is -2.30. The van der Waals surface area contributed by atoms with Gasteiger partial charge in [-0.1, -0.05) is 0 Å². The molecule has 2 unspecified atom stereocenters. The lowest BCUT2D eigenvalue weighted by molar-refractivity contribution is -0.143. The summed E-state index contributed by atoms with van der Waals surface area (Å²) < 4.78 is 0. The smallest absolute Gasteiger partial charge is 0.323 e. The van der Waals surface area contributed by atoms with E-state index < -0.39 is 11.5 Å². The highest BCUT2D eigenvalue weighted by Gasteiger charge is 2.30. The molecule has 0 bridgehead atoms. The first kappa shape index (κ1) is 16.4. The molecule has 0 aliphatic rings. The van der Waals surface area contributed by atoms with Crippen molar-refractivity contribution in [3.05, 3.63) is 0 Å². The lowest BCUT2D eigenvalue weighted by Crippen LogP contribution is -2.49. The Balaban J connectivity index is 4.05. The van der Waals surface area contributed by atoms with E-state index in [1.165, 1.54) is 0 Å². The Labute approximate surface area is 105 Å². The maximum absolute atomic E-state index is 10.9. The van der Waals surface area contributed by atoms with Crippen molar-refractivity contribution in [2.75, 3.05) is 34.2 Å². The molecule has 0 aliphatic heterocycles. The van der Waals surface area contributed by atoms with E-state index in [1.807, 2.05) is 28.1 Å². The maximum atomic E-state index is 10.9. The molecule has 0 aromatic carbocycles. The molecule has 0 saturated carbocycles. The van der Waals surface area contributed by atoms with Crippen molar-refractivity contribution in [2.24, 2.45) is 5.73 Å². The van der Waals surface area contributed by atoms with Gasteiger partial charge >= 0.3 is 5.97 Å². The molecule has 0 spiro atoms. The van der Waals surface area contributed by atoms with E-state index in [0.717, 1.165) is 19.5 Å². The molecule has 0 rings (SSSR count). The molecule has 0 amide bonds. The fourth-order valence-corrected chi connectivity index (χ4v) is 1.71. The highest BCUT2D eigenvalue weighted by Crippen LogP contribution is 2.13. The number of carboxylic acid groups (broad SMARTS) is 1. The summed E-state index contributed by atoms with van der Waals surface area (Å²) in [5.74, 6) is -0.939. The molecule has 0 radical (unpaired) electrons. The molecule has 3 N–H and O–H groups in total. The van der Waals surface area contributed by atoms with Gasteiger partial charge in [0.25, 0.3) is 0 Å². The van der Waals surface area contributed by atoms with Crippen molar-refractivity contribution in [1.82, 2.24) is 9.80 Å². The zero-order valence-electron chi connectivity index (χ0n) is 11.7. The maximum Gasteiger partial charge on any atom is 0.323 e. The highest BCUT2D eigenvalue weighted by atomic mass is 16.4. The van der Waals surface area contributed by atoms with E-state index in [0.29, 0.717) is 6.42 Å². The molecule has 2 atom stereocenters. The van der Waals surface area contributed by atoms with Crippen molar-refractivity contribution < 1.29 is 9.90 Å². The molecule has 5 heteroatoms. The van der Waals surface area contributed by atoms with Gasteiger partial charge in [0.05, 0.1) is 0 Å². The van der Waals surface area contributed by atoms with Crippen LogP contribution in [0.25, 0.3) is 0 Å². The lowest BCUT2D eigenvalue weighted by atomic mass is 9.94. The van der Waals surface area contributed by atoms with Crippen molar-refractivity contribution in [3.8, 4) is 0 Å². The first-order chi connectivity index (χ1) is 7.66. The van der Waals surface area contributed by atoms with E-state index in [4.69, 9.17) is 10.8 Å². The Morgan fingerprint density at radius 3 is 2.29 bits per heavy atom. The number of carbonyl (C=O) groups is 1. The van der Waals surface area contributed by atoms with Gasteiger partial charge in [0.1, 0.15) is 5.54 Å². The number of hydrogen-bond acceptors (Lipinski definition) is 4. The van der Waals surface area contributed by atoms with Gasteiger partial charge in [-0.05, 0) is 60.9 Å². The van der Waals surface area contributed by atoms with Gasteiger partial charge in [-0.25, -0.2) is 0 Å². The van der Waals surface area contributed by atoms with Crippen LogP contribution < -0.4 is 5.73 Å². The number of nitrogens with zero attached hydrogens (tertiary/aromatic N) is 2. The Bertz CT molecular complexity index is 242. The quantitative estimate of drug-likeness (QED) is 0.650. The van der Waals surface area contributed by atoms with Gasteiger partial charge in [-0.2, -0.15) is 0 Å². The molecule has 0 heterocycles. The molecular weight excluding hydrogens is 218 g/mol. The average Bonchev–Trinajstić information content (AvgIpc) is 2.15. The van der Waals surface area contributed by atoms with Crippen LogP contribution in [0.2, 0.25) is 0 Å². The van der Waals surface area contributed by atoms with Crippen LogP contribution in [0.1, 0.15) is 26.7 Å². The number of hydrogen-bond donors (Lipinski definition) is 2. The minimum atomic E-state index is -1.14. The molecular formula is C12H27N3O2. The fraction of sp³-hybridized carbons (Fsp3) is 0.917. The van der Waals surface area contributed by atoms with Crippen LogP contribution >= 0.6 is 0 Å². The van der Waals surface area contributed by atoms with Crippen LogP contribution in [-0.2, 0) is 4.79 Å². The summed E-state index contributed by atoms with van der Waals surface area (Å²) in [4.78, 5) is 15.2. The third-order valence-corrected chi connectivity index (χ3v) is 3.08. The minimum Gasteiger partial charge on any atom is -0.480 e.